The van der Waals surface area contributed by atoms with E-state index in [1.165, 1.54) is 6.92 Å². The van der Waals surface area contributed by atoms with Gasteiger partial charge >= 0.3 is 0 Å². The van der Waals surface area contributed by atoms with Gasteiger partial charge in [0.05, 0.1) is 17.4 Å². The van der Waals surface area contributed by atoms with Gasteiger partial charge in [-0.15, -0.1) is 0 Å². The topological polar surface area (TPSA) is 122 Å². The number of aryl methyl sites for hydroxylation is 1. The molecule has 3 aromatic rings. The Balaban J connectivity index is 0.00000156. The maximum absolute atomic E-state index is 13.4. The van der Waals surface area contributed by atoms with E-state index in [9.17, 15) is 14.4 Å². The SMILES string of the molecule is CC.CC(=O)c1c(C)c2cnc(Nc3ccc(N4CCNCCC4=O)cn3)nc2n(C2CCCC2)c1=O. The van der Waals surface area contributed by atoms with Crippen molar-refractivity contribution in [1.29, 1.82) is 0 Å². The number of hydrogen-bond acceptors (Lipinski definition) is 8. The molecule has 5 rings (SSSR count). The number of aromatic nitrogens is 4. The van der Waals surface area contributed by atoms with Crippen LogP contribution < -0.4 is 21.1 Å². The van der Waals surface area contributed by atoms with Crippen LogP contribution in [0.5, 0.6) is 0 Å². The van der Waals surface area contributed by atoms with Crippen molar-refractivity contribution in [2.45, 2.75) is 65.8 Å². The molecule has 2 N–H and O–H groups in total. The molecule has 1 aliphatic carbocycles. The number of rotatable bonds is 5. The van der Waals surface area contributed by atoms with E-state index in [1.807, 2.05) is 19.9 Å². The van der Waals surface area contributed by atoms with E-state index in [1.54, 1.807) is 34.9 Å². The van der Waals surface area contributed by atoms with Crippen molar-refractivity contribution in [2.24, 2.45) is 0 Å². The van der Waals surface area contributed by atoms with Crippen LogP contribution in [0.4, 0.5) is 17.5 Å². The van der Waals surface area contributed by atoms with Gasteiger partial charge in [-0.2, -0.15) is 4.98 Å². The average molecular weight is 506 g/mol. The van der Waals surface area contributed by atoms with Crippen molar-refractivity contribution >= 4 is 40.2 Å². The van der Waals surface area contributed by atoms with Gasteiger partial charge in [0.15, 0.2) is 5.78 Å². The van der Waals surface area contributed by atoms with Gasteiger partial charge in [-0.1, -0.05) is 26.7 Å². The number of nitrogens with zero attached hydrogens (tertiary/aromatic N) is 5. The highest BCUT2D eigenvalue weighted by molar-refractivity contribution is 5.99. The van der Waals surface area contributed by atoms with Crippen molar-refractivity contribution in [3.63, 3.8) is 0 Å². The number of anilines is 3. The molecule has 1 saturated heterocycles. The van der Waals surface area contributed by atoms with Crippen molar-refractivity contribution in [3.05, 3.63) is 46.0 Å². The Morgan fingerprint density at radius 2 is 1.84 bits per heavy atom. The normalized spacial score (nSPS) is 16.3. The third-order valence-corrected chi connectivity index (χ3v) is 6.88. The molecule has 0 unspecified atom stereocenters. The first-order chi connectivity index (χ1) is 17.9. The lowest BCUT2D eigenvalue weighted by Crippen LogP contribution is -2.32. The zero-order chi connectivity index (χ0) is 26.5. The maximum atomic E-state index is 13.4. The second-order valence-electron chi connectivity index (χ2n) is 9.17. The van der Waals surface area contributed by atoms with Crippen molar-refractivity contribution < 1.29 is 9.59 Å². The molecule has 10 nitrogen and oxygen atoms in total. The molecule has 0 radical (unpaired) electrons. The summed E-state index contributed by atoms with van der Waals surface area (Å²) in [4.78, 5) is 53.3. The second-order valence-corrected chi connectivity index (χ2v) is 9.17. The highest BCUT2D eigenvalue weighted by Gasteiger charge is 2.26. The largest absolute Gasteiger partial charge is 0.314 e. The molecule has 37 heavy (non-hydrogen) atoms. The Bertz CT molecular complexity index is 1340. The highest BCUT2D eigenvalue weighted by atomic mass is 16.2. The summed E-state index contributed by atoms with van der Waals surface area (Å²) in [7, 11) is 0. The molecule has 1 saturated carbocycles. The summed E-state index contributed by atoms with van der Waals surface area (Å²) in [6.45, 7) is 9.22. The number of amides is 1. The molecule has 2 aliphatic rings. The third-order valence-electron chi connectivity index (χ3n) is 6.88. The molecular weight excluding hydrogens is 470 g/mol. The van der Waals surface area contributed by atoms with Crippen LogP contribution in [0.2, 0.25) is 0 Å². The van der Waals surface area contributed by atoms with Crippen LogP contribution in [0.25, 0.3) is 11.0 Å². The first kappa shape index (κ1) is 26.4. The number of carbonyl (C=O) groups is 2. The second kappa shape index (κ2) is 11.6. The molecule has 2 fully saturated rings. The maximum Gasteiger partial charge on any atom is 0.263 e. The molecular formula is C27H35N7O3. The van der Waals surface area contributed by atoms with Crippen LogP contribution in [0.3, 0.4) is 0 Å². The van der Waals surface area contributed by atoms with E-state index in [0.717, 1.165) is 37.9 Å². The summed E-state index contributed by atoms with van der Waals surface area (Å²) in [5.41, 5.74) is 1.81. The Morgan fingerprint density at radius 1 is 1.08 bits per heavy atom. The molecule has 0 bridgehead atoms. The fraction of sp³-hybridized carbons (Fsp3) is 0.481. The number of ketones is 1. The molecule has 0 spiro atoms. The number of pyridine rings is 2. The van der Waals surface area contributed by atoms with Crippen LogP contribution in [-0.4, -0.2) is 50.8 Å². The van der Waals surface area contributed by atoms with E-state index in [4.69, 9.17) is 4.98 Å². The van der Waals surface area contributed by atoms with Crippen LogP contribution in [0.15, 0.2) is 29.3 Å². The molecule has 196 valence electrons. The van der Waals surface area contributed by atoms with Crippen molar-refractivity contribution in [1.82, 2.24) is 24.8 Å². The molecule has 3 aromatic heterocycles. The lowest BCUT2D eigenvalue weighted by Gasteiger charge is -2.20. The van der Waals surface area contributed by atoms with Gasteiger partial charge in [0.1, 0.15) is 11.5 Å². The predicted molar refractivity (Wildman–Crippen MR) is 145 cm³/mol. The lowest BCUT2D eigenvalue weighted by molar-refractivity contribution is -0.118. The monoisotopic (exact) mass is 505 g/mol. The Labute approximate surface area is 216 Å². The van der Waals surface area contributed by atoms with Crippen LogP contribution in [-0.2, 0) is 4.79 Å². The number of fused-ring (bicyclic) bond motifs is 1. The first-order valence-electron chi connectivity index (χ1n) is 13.1. The predicted octanol–water partition coefficient (Wildman–Crippen LogP) is 3.91. The quantitative estimate of drug-likeness (QED) is 0.501. The molecule has 1 amide bonds. The summed E-state index contributed by atoms with van der Waals surface area (Å²) >= 11 is 0. The van der Waals surface area contributed by atoms with Gasteiger partial charge in [-0.05, 0) is 44.4 Å². The minimum atomic E-state index is -0.280. The summed E-state index contributed by atoms with van der Waals surface area (Å²) in [5, 5.41) is 7.03. The van der Waals surface area contributed by atoms with Gasteiger partial charge in [0.2, 0.25) is 11.9 Å². The summed E-state index contributed by atoms with van der Waals surface area (Å²) in [5.74, 6) is 0.668. The van der Waals surface area contributed by atoms with Gasteiger partial charge in [0.25, 0.3) is 5.56 Å². The lowest BCUT2D eigenvalue weighted by atomic mass is 10.0. The van der Waals surface area contributed by atoms with Crippen LogP contribution in [0.1, 0.15) is 74.8 Å². The van der Waals surface area contributed by atoms with Gasteiger partial charge in [0, 0.05) is 43.7 Å². The van der Waals surface area contributed by atoms with Crippen LogP contribution >= 0.6 is 0 Å². The van der Waals surface area contributed by atoms with E-state index in [2.05, 4.69) is 20.6 Å². The number of Topliss-reactive ketones (excluding diaryl/α,β-unsaturated/α-hetero) is 1. The number of hydrogen-bond donors (Lipinski definition) is 2. The minimum absolute atomic E-state index is 0.0181. The standard InChI is InChI=1S/C25H29N7O3.C2H6/c1-15-19-14-28-25(29-20-8-7-18(13-27-20)31-12-11-26-10-9-21(31)34)30-23(19)32(17-5-3-4-6-17)24(35)22(15)16(2)33;1-2/h7-8,13-14,17,26H,3-6,9-12H2,1-2H3,(H,27,28,29,30);1-2H3. The molecule has 10 heteroatoms. The number of nitrogens with one attached hydrogen (secondary N) is 2. The number of carbonyl (C=O) groups excluding carboxylic acids is 2. The van der Waals surface area contributed by atoms with Crippen molar-refractivity contribution in [3.8, 4) is 0 Å². The molecule has 4 heterocycles. The van der Waals surface area contributed by atoms with Gasteiger partial charge < -0.3 is 15.5 Å². The average Bonchev–Trinajstić information content (AvgIpc) is 3.33. The zero-order valence-corrected chi connectivity index (χ0v) is 22.0. The summed E-state index contributed by atoms with van der Waals surface area (Å²) in [6.07, 6.45) is 7.64. The molecule has 0 atom stereocenters. The Kier molecular flexibility index (Phi) is 8.27. The van der Waals surface area contributed by atoms with Crippen molar-refractivity contribution in [2.75, 3.05) is 29.9 Å². The smallest absolute Gasteiger partial charge is 0.263 e. The Hall–Kier alpha value is -3.66. The summed E-state index contributed by atoms with van der Waals surface area (Å²) < 4.78 is 1.69. The van der Waals surface area contributed by atoms with E-state index < -0.39 is 0 Å². The fourth-order valence-corrected chi connectivity index (χ4v) is 5.09. The highest BCUT2D eigenvalue weighted by Crippen LogP contribution is 2.32. The van der Waals surface area contributed by atoms with E-state index >= 15 is 0 Å². The van der Waals surface area contributed by atoms with Gasteiger partial charge in [-0.25, -0.2) is 9.97 Å². The minimum Gasteiger partial charge on any atom is -0.314 e. The zero-order valence-electron chi connectivity index (χ0n) is 22.0. The molecule has 0 aromatic carbocycles. The van der Waals surface area contributed by atoms with Crippen LogP contribution in [0, 0.1) is 6.92 Å². The molecule has 1 aliphatic heterocycles. The van der Waals surface area contributed by atoms with E-state index in [0.29, 0.717) is 47.9 Å². The first-order valence-corrected chi connectivity index (χ1v) is 13.1. The van der Waals surface area contributed by atoms with Gasteiger partial charge in [-0.3, -0.25) is 19.0 Å². The third kappa shape index (κ3) is 5.39. The van der Waals surface area contributed by atoms with E-state index in [-0.39, 0.29) is 28.9 Å². The fourth-order valence-electron chi connectivity index (χ4n) is 5.09. The Morgan fingerprint density at radius 3 is 2.51 bits per heavy atom. The summed E-state index contributed by atoms with van der Waals surface area (Å²) in [6, 6.07) is 3.64.